The molecule has 0 aliphatic carbocycles. The van der Waals surface area contributed by atoms with Crippen LogP contribution in [0.2, 0.25) is 0 Å². The molecule has 0 spiro atoms. The first-order valence-corrected chi connectivity index (χ1v) is 7.37. The molecule has 0 saturated heterocycles. The van der Waals surface area contributed by atoms with Crippen molar-refractivity contribution in [1.29, 1.82) is 0 Å². The van der Waals surface area contributed by atoms with E-state index in [2.05, 4.69) is 10.6 Å². The summed E-state index contributed by atoms with van der Waals surface area (Å²) in [6.45, 7) is 5.92. The smallest absolute Gasteiger partial charge is 0.353 e. The van der Waals surface area contributed by atoms with Gasteiger partial charge in [-0.15, -0.1) is 0 Å². The summed E-state index contributed by atoms with van der Waals surface area (Å²) >= 11 is -0.139. The van der Waals surface area contributed by atoms with Crippen molar-refractivity contribution in [2.24, 2.45) is 0 Å². The van der Waals surface area contributed by atoms with Crippen molar-refractivity contribution in [2.75, 3.05) is 0 Å². The largest absolute Gasteiger partial charge is 0.446 e. The Kier molecular flexibility index (Phi) is 6.54. The molecule has 118 valence electrons. The second-order valence-corrected chi connectivity index (χ2v) is 6.10. The highest BCUT2D eigenvalue weighted by molar-refractivity contribution is 8.00. The van der Waals surface area contributed by atoms with Crippen molar-refractivity contribution >= 4 is 17.7 Å². The fourth-order valence-corrected chi connectivity index (χ4v) is 2.12. The Morgan fingerprint density at radius 3 is 2.24 bits per heavy atom. The number of alkyl halides is 3. The third-order valence-electron chi connectivity index (χ3n) is 2.59. The maximum absolute atomic E-state index is 12.2. The summed E-state index contributed by atoms with van der Waals surface area (Å²) in [7, 11) is 0. The van der Waals surface area contributed by atoms with E-state index in [-0.39, 0.29) is 34.6 Å². The molecule has 0 heterocycles. The number of hydrogen-bond acceptors (Lipinski definition) is 3. The lowest BCUT2D eigenvalue weighted by Crippen LogP contribution is -2.44. The lowest BCUT2D eigenvalue weighted by molar-refractivity contribution is -0.123. The predicted molar refractivity (Wildman–Crippen MR) is 77.9 cm³/mol. The van der Waals surface area contributed by atoms with E-state index in [4.69, 9.17) is 0 Å². The highest BCUT2D eigenvalue weighted by Crippen LogP contribution is 2.36. The second kappa shape index (κ2) is 7.70. The van der Waals surface area contributed by atoms with Crippen molar-refractivity contribution in [3.63, 3.8) is 0 Å². The molecule has 0 bridgehead atoms. The molecule has 1 aromatic carbocycles. The topological polar surface area (TPSA) is 41.1 Å². The zero-order valence-corrected chi connectivity index (χ0v) is 12.9. The van der Waals surface area contributed by atoms with E-state index < -0.39 is 5.51 Å². The lowest BCUT2D eigenvalue weighted by Gasteiger charge is -2.16. The first-order chi connectivity index (χ1) is 9.67. The highest BCUT2D eigenvalue weighted by Gasteiger charge is 2.28. The molecule has 21 heavy (non-hydrogen) atoms. The Balaban J connectivity index is 2.47. The van der Waals surface area contributed by atoms with E-state index in [1.54, 1.807) is 19.1 Å². The highest BCUT2D eigenvalue weighted by atomic mass is 32.2. The van der Waals surface area contributed by atoms with Crippen molar-refractivity contribution in [2.45, 2.75) is 49.8 Å². The van der Waals surface area contributed by atoms with Gasteiger partial charge in [-0.05, 0) is 50.2 Å². The van der Waals surface area contributed by atoms with Crippen molar-refractivity contribution in [3.8, 4) is 0 Å². The Bertz CT molecular complexity index is 460. The summed E-state index contributed by atoms with van der Waals surface area (Å²) in [6.07, 6.45) is 0. The van der Waals surface area contributed by atoms with Crippen molar-refractivity contribution in [3.05, 3.63) is 29.8 Å². The van der Waals surface area contributed by atoms with E-state index in [1.807, 2.05) is 13.8 Å². The van der Waals surface area contributed by atoms with E-state index in [1.165, 1.54) is 12.1 Å². The Morgan fingerprint density at radius 2 is 1.76 bits per heavy atom. The maximum Gasteiger partial charge on any atom is 0.446 e. The van der Waals surface area contributed by atoms with Crippen molar-refractivity contribution in [1.82, 2.24) is 10.6 Å². The van der Waals surface area contributed by atoms with E-state index in [9.17, 15) is 18.0 Å². The summed E-state index contributed by atoms with van der Waals surface area (Å²) in [5.74, 6) is -0.103. The average molecular weight is 320 g/mol. The van der Waals surface area contributed by atoms with Gasteiger partial charge in [-0.1, -0.05) is 12.1 Å². The third-order valence-corrected chi connectivity index (χ3v) is 3.33. The quantitative estimate of drug-likeness (QED) is 0.790. The lowest BCUT2D eigenvalue weighted by atomic mass is 10.2. The predicted octanol–water partition coefficient (Wildman–Crippen LogP) is 3.30. The normalized spacial score (nSPS) is 13.3. The van der Waals surface area contributed by atoms with Crippen LogP contribution in [-0.4, -0.2) is 23.5 Å². The molecule has 2 N–H and O–H groups in total. The minimum Gasteiger partial charge on any atom is -0.353 e. The van der Waals surface area contributed by atoms with Crippen LogP contribution in [0.5, 0.6) is 0 Å². The van der Waals surface area contributed by atoms with E-state index in [0.717, 1.165) is 5.56 Å². The summed E-state index contributed by atoms with van der Waals surface area (Å²) < 4.78 is 36.6. The number of hydrogen-bond donors (Lipinski definition) is 2. The van der Waals surface area contributed by atoms with Crippen LogP contribution in [0, 0.1) is 0 Å². The van der Waals surface area contributed by atoms with Crippen LogP contribution in [0.15, 0.2) is 29.2 Å². The molecule has 0 aliphatic rings. The molecule has 1 amide bonds. The molecule has 7 heteroatoms. The second-order valence-electron chi connectivity index (χ2n) is 4.96. The summed E-state index contributed by atoms with van der Waals surface area (Å²) in [6, 6.07) is 5.79. The molecular weight excluding hydrogens is 301 g/mol. The van der Waals surface area contributed by atoms with E-state index >= 15 is 0 Å². The molecule has 0 radical (unpaired) electrons. The number of rotatable bonds is 6. The zero-order valence-electron chi connectivity index (χ0n) is 12.1. The summed E-state index contributed by atoms with van der Waals surface area (Å²) in [5.41, 5.74) is -3.45. The van der Waals surface area contributed by atoms with Crippen LogP contribution in [0.4, 0.5) is 13.2 Å². The fourth-order valence-electron chi connectivity index (χ4n) is 1.58. The minimum absolute atomic E-state index is 0.0698. The van der Waals surface area contributed by atoms with Gasteiger partial charge < -0.3 is 10.6 Å². The molecule has 1 unspecified atom stereocenters. The van der Waals surface area contributed by atoms with Gasteiger partial charge in [0, 0.05) is 17.5 Å². The maximum atomic E-state index is 12.2. The van der Waals surface area contributed by atoms with Gasteiger partial charge >= 0.3 is 5.51 Å². The Morgan fingerprint density at radius 1 is 1.19 bits per heavy atom. The number of nitrogens with one attached hydrogen (secondary N) is 2. The molecule has 1 rings (SSSR count). The number of halogens is 3. The van der Waals surface area contributed by atoms with Crippen LogP contribution in [0.3, 0.4) is 0 Å². The number of carbonyl (C=O) groups excluding carboxylic acids is 1. The monoisotopic (exact) mass is 320 g/mol. The van der Waals surface area contributed by atoms with Crippen LogP contribution >= 0.6 is 11.8 Å². The first kappa shape index (κ1) is 17.8. The van der Waals surface area contributed by atoms with Crippen LogP contribution in [0.25, 0.3) is 0 Å². The van der Waals surface area contributed by atoms with Gasteiger partial charge in [0.25, 0.3) is 0 Å². The van der Waals surface area contributed by atoms with Gasteiger partial charge in [0.15, 0.2) is 0 Å². The van der Waals surface area contributed by atoms with Crippen LogP contribution < -0.4 is 10.6 Å². The van der Waals surface area contributed by atoms with Gasteiger partial charge in [0.05, 0.1) is 6.04 Å². The number of carbonyl (C=O) groups is 1. The summed E-state index contributed by atoms with van der Waals surface area (Å²) in [4.78, 5) is 11.8. The fraction of sp³-hybridized carbons (Fsp3) is 0.500. The number of benzene rings is 1. The van der Waals surface area contributed by atoms with Gasteiger partial charge in [-0.2, -0.15) is 13.2 Å². The molecular formula is C14H19F3N2OS. The first-order valence-electron chi connectivity index (χ1n) is 6.56. The summed E-state index contributed by atoms with van der Waals surface area (Å²) in [5, 5.41) is 5.81. The van der Waals surface area contributed by atoms with Gasteiger partial charge in [-0.3, -0.25) is 4.79 Å². The number of amides is 1. The minimum atomic E-state index is -4.27. The molecule has 0 fully saturated rings. The SMILES string of the molecule is CC(C)NC(=O)C(C)NCc1ccc(SC(F)(F)F)cc1. The standard InChI is InChI=1S/C14H19F3N2OS/c1-9(2)19-13(20)10(3)18-8-11-4-6-12(7-5-11)21-14(15,16)17/h4-7,9-10,18H,8H2,1-3H3,(H,19,20). The zero-order chi connectivity index (χ0) is 16.0. The third kappa shape index (κ3) is 7.38. The average Bonchev–Trinajstić information content (AvgIpc) is 2.35. The molecule has 0 saturated carbocycles. The Hall–Kier alpha value is -1.21. The molecule has 3 nitrogen and oxygen atoms in total. The van der Waals surface area contributed by atoms with Gasteiger partial charge in [0.2, 0.25) is 5.91 Å². The van der Waals surface area contributed by atoms with Crippen molar-refractivity contribution < 1.29 is 18.0 Å². The molecule has 1 atom stereocenters. The molecule has 0 aromatic heterocycles. The van der Waals surface area contributed by atoms with E-state index in [0.29, 0.717) is 6.54 Å². The number of thioether (sulfide) groups is 1. The molecule has 0 aliphatic heterocycles. The Labute approximate surface area is 126 Å². The van der Waals surface area contributed by atoms with Crippen LogP contribution in [-0.2, 0) is 11.3 Å². The van der Waals surface area contributed by atoms with Gasteiger partial charge in [0.1, 0.15) is 0 Å². The molecule has 1 aromatic rings. The van der Waals surface area contributed by atoms with Gasteiger partial charge in [-0.25, -0.2) is 0 Å². The van der Waals surface area contributed by atoms with Crippen LogP contribution in [0.1, 0.15) is 26.3 Å².